The van der Waals surface area contributed by atoms with Crippen molar-refractivity contribution >= 4 is 51.7 Å². The first kappa shape index (κ1) is 45.3. The monoisotopic (exact) mass is 827 g/mol. The van der Waals surface area contributed by atoms with Crippen LogP contribution in [0.1, 0.15) is 91.5 Å². The van der Waals surface area contributed by atoms with Gasteiger partial charge in [0, 0.05) is 35.5 Å². The highest BCUT2D eigenvalue weighted by Gasteiger charge is 2.11. The van der Waals surface area contributed by atoms with Crippen molar-refractivity contribution in [2.24, 2.45) is 10.2 Å². The Labute approximate surface area is 356 Å². The third kappa shape index (κ3) is 15.4. The molecular formula is C49H53N3O9. The first-order chi connectivity index (χ1) is 29.7. The van der Waals surface area contributed by atoms with Gasteiger partial charge in [0.25, 0.3) is 0 Å². The standard InChI is InChI=1S/C49H53N3O9/c1-35(2)47(54)59-32-12-7-5-11-31-58-41-26-20-39(21-27-41)49(56)61-42-24-16-37(17-25-42)34-50-45-28-29-46(44-15-9-8-14-43(44)45)52-51-40-22-18-38(19-23-40)48(55)60-33-13-6-4-10-30-57-36(3)53/h8-9,14-29,50H,1,4-7,10-13,30-34H2,2-3H3/b52-51+. The maximum atomic E-state index is 12.8. The molecule has 12 heteroatoms. The minimum absolute atomic E-state index is 0.274. The molecule has 0 saturated carbocycles. The minimum Gasteiger partial charge on any atom is -0.494 e. The summed E-state index contributed by atoms with van der Waals surface area (Å²) < 4.78 is 26.9. The number of hydrogen-bond donors (Lipinski definition) is 1. The van der Waals surface area contributed by atoms with Crippen molar-refractivity contribution in [2.75, 3.05) is 31.7 Å². The Bertz CT molecular complexity index is 2250. The topological polar surface area (TPSA) is 151 Å². The molecule has 5 rings (SSSR count). The number of unbranched alkanes of at least 4 members (excludes halogenated alkanes) is 6. The van der Waals surface area contributed by atoms with Crippen LogP contribution in [-0.2, 0) is 30.3 Å². The Morgan fingerprint density at radius 2 is 1.13 bits per heavy atom. The van der Waals surface area contributed by atoms with Gasteiger partial charge in [0.2, 0.25) is 0 Å². The van der Waals surface area contributed by atoms with Crippen molar-refractivity contribution in [3.05, 3.63) is 138 Å². The first-order valence-corrected chi connectivity index (χ1v) is 20.6. The second kappa shape index (κ2) is 24.3. The summed E-state index contributed by atoms with van der Waals surface area (Å²) in [6.07, 6.45) is 6.87. The number of azo groups is 1. The van der Waals surface area contributed by atoms with E-state index in [0.717, 1.165) is 73.4 Å². The van der Waals surface area contributed by atoms with E-state index in [2.05, 4.69) is 22.1 Å². The summed E-state index contributed by atoms with van der Waals surface area (Å²) in [5.41, 5.74) is 4.50. The fraction of sp³-hybridized carbons (Fsp3) is 0.306. The predicted octanol–water partition coefficient (Wildman–Crippen LogP) is 11.4. The van der Waals surface area contributed by atoms with Gasteiger partial charge in [0.15, 0.2) is 0 Å². The number of carbonyl (C=O) groups excluding carboxylic acids is 4. The molecule has 0 fully saturated rings. The Kier molecular flexibility index (Phi) is 18.0. The van der Waals surface area contributed by atoms with Crippen LogP contribution < -0.4 is 14.8 Å². The lowest BCUT2D eigenvalue weighted by Crippen LogP contribution is -2.08. The SMILES string of the molecule is C=C(C)C(=O)OCCCCCCOc1ccc(C(=O)Oc2ccc(CNc3ccc(/N=N/c4ccc(C(=O)OCCCCCCOC(C)=O)cc4)c4ccccc34)cc2)cc1. The smallest absolute Gasteiger partial charge is 0.343 e. The molecule has 5 aromatic rings. The summed E-state index contributed by atoms with van der Waals surface area (Å²) in [5.74, 6) is -0.360. The van der Waals surface area contributed by atoms with Crippen molar-refractivity contribution in [3.8, 4) is 11.5 Å². The van der Waals surface area contributed by atoms with E-state index in [-0.39, 0.29) is 17.9 Å². The van der Waals surface area contributed by atoms with E-state index < -0.39 is 5.97 Å². The van der Waals surface area contributed by atoms with Crippen molar-refractivity contribution in [2.45, 2.75) is 71.8 Å². The first-order valence-electron chi connectivity index (χ1n) is 20.6. The molecule has 12 nitrogen and oxygen atoms in total. The number of anilines is 1. The van der Waals surface area contributed by atoms with Crippen LogP contribution in [0.25, 0.3) is 10.8 Å². The molecule has 0 amide bonds. The van der Waals surface area contributed by atoms with Crippen molar-refractivity contribution in [1.29, 1.82) is 0 Å². The lowest BCUT2D eigenvalue weighted by Gasteiger charge is -2.12. The molecule has 0 aliphatic rings. The molecule has 0 aliphatic carbocycles. The second-order valence-corrected chi connectivity index (χ2v) is 14.4. The van der Waals surface area contributed by atoms with E-state index in [0.29, 0.717) is 72.5 Å². The molecule has 61 heavy (non-hydrogen) atoms. The lowest BCUT2D eigenvalue weighted by atomic mass is 10.1. The molecule has 5 aromatic carbocycles. The Balaban J connectivity index is 1.04. The van der Waals surface area contributed by atoms with Crippen LogP contribution in [0.4, 0.5) is 17.1 Å². The van der Waals surface area contributed by atoms with Gasteiger partial charge in [-0.05, 0) is 137 Å². The Morgan fingerprint density at radius 1 is 0.557 bits per heavy atom. The maximum Gasteiger partial charge on any atom is 0.343 e. The van der Waals surface area contributed by atoms with Crippen LogP contribution in [0, 0.1) is 0 Å². The van der Waals surface area contributed by atoms with Gasteiger partial charge in [-0.1, -0.05) is 43.0 Å². The molecule has 0 spiro atoms. The van der Waals surface area contributed by atoms with Crippen LogP contribution >= 0.6 is 0 Å². The third-order valence-electron chi connectivity index (χ3n) is 9.45. The number of ether oxygens (including phenoxy) is 5. The van der Waals surface area contributed by atoms with E-state index >= 15 is 0 Å². The molecule has 0 bridgehead atoms. The van der Waals surface area contributed by atoms with Crippen LogP contribution in [0.3, 0.4) is 0 Å². The van der Waals surface area contributed by atoms with Gasteiger partial charge in [-0.3, -0.25) is 4.79 Å². The summed E-state index contributed by atoms with van der Waals surface area (Å²) in [7, 11) is 0. The van der Waals surface area contributed by atoms with E-state index in [1.54, 1.807) is 67.6 Å². The largest absolute Gasteiger partial charge is 0.494 e. The van der Waals surface area contributed by atoms with Gasteiger partial charge in [-0.2, -0.15) is 5.11 Å². The molecule has 0 heterocycles. The highest BCUT2D eigenvalue weighted by atomic mass is 16.5. The molecule has 0 atom stereocenters. The average molecular weight is 828 g/mol. The summed E-state index contributed by atoms with van der Waals surface area (Å²) in [6, 6.07) is 32.9. The molecule has 318 valence electrons. The number of hydrogen-bond acceptors (Lipinski definition) is 12. The summed E-state index contributed by atoms with van der Waals surface area (Å²) in [5, 5.41) is 14.4. The second-order valence-electron chi connectivity index (χ2n) is 14.4. The van der Waals surface area contributed by atoms with Gasteiger partial charge in [-0.15, -0.1) is 5.11 Å². The fourth-order valence-electron chi connectivity index (χ4n) is 6.08. The van der Waals surface area contributed by atoms with Crippen LogP contribution in [0.5, 0.6) is 11.5 Å². The number of benzene rings is 5. The number of nitrogens with one attached hydrogen (secondary N) is 1. The van der Waals surface area contributed by atoms with E-state index in [9.17, 15) is 19.2 Å². The predicted molar refractivity (Wildman–Crippen MR) is 235 cm³/mol. The quantitative estimate of drug-likeness (QED) is 0.0159. The lowest BCUT2D eigenvalue weighted by molar-refractivity contribution is -0.141. The number of nitrogens with zero attached hydrogens (tertiary/aromatic N) is 2. The normalized spacial score (nSPS) is 10.9. The zero-order chi connectivity index (χ0) is 43.2. The van der Waals surface area contributed by atoms with Gasteiger partial charge in [-0.25, -0.2) is 14.4 Å². The van der Waals surface area contributed by atoms with Gasteiger partial charge >= 0.3 is 23.9 Å². The van der Waals surface area contributed by atoms with E-state index in [1.807, 2.05) is 48.5 Å². The molecule has 0 aliphatic heterocycles. The zero-order valence-corrected chi connectivity index (χ0v) is 34.9. The number of carbonyl (C=O) groups is 4. The number of rotatable bonds is 24. The van der Waals surface area contributed by atoms with Gasteiger partial charge in [0.1, 0.15) is 11.5 Å². The summed E-state index contributed by atoms with van der Waals surface area (Å²) in [4.78, 5) is 47.5. The van der Waals surface area contributed by atoms with Crippen molar-refractivity contribution in [1.82, 2.24) is 0 Å². The van der Waals surface area contributed by atoms with Crippen molar-refractivity contribution < 1.29 is 42.9 Å². The molecule has 1 N–H and O–H groups in total. The number of esters is 4. The van der Waals surface area contributed by atoms with E-state index in [1.165, 1.54) is 6.92 Å². The molecule has 0 unspecified atom stereocenters. The Hall–Kier alpha value is -6.82. The molecule has 0 aromatic heterocycles. The number of fused-ring (bicyclic) bond motifs is 1. The third-order valence-corrected chi connectivity index (χ3v) is 9.45. The molecular weight excluding hydrogens is 775 g/mol. The van der Waals surface area contributed by atoms with Crippen molar-refractivity contribution in [3.63, 3.8) is 0 Å². The van der Waals surface area contributed by atoms with Gasteiger partial charge in [0.05, 0.1) is 48.9 Å². The minimum atomic E-state index is -0.459. The van der Waals surface area contributed by atoms with Crippen LogP contribution in [0.2, 0.25) is 0 Å². The van der Waals surface area contributed by atoms with Crippen LogP contribution in [-0.4, -0.2) is 50.3 Å². The highest BCUT2D eigenvalue weighted by molar-refractivity contribution is 6.01. The van der Waals surface area contributed by atoms with E-state index in [4.69, 9.17) is 23.7 Å². The average Bonchev–Trinajstić information content (AvgIpc) is 3.27. The summed E-state index contributed by atoms with van der Waals surface area (Å²) >= 11 is 0. The van der Waals surface area contributed by atoms with Crippen LogP contribution in [0.15, 0.2) is 132 Å². The maximum absolute atomic E-state index is 12.8. The fourth-order valence-corrected chi connectivity index (χ4v) is 6.08. The Morgan fingerprint density at radius 3 is 1.79 bits per heavy atom. The zero-order valence-electron chi connectivity index (χ0n) is 34.9. The molecule has 0 radical (unpaired) electrons. The molecule has 0 saturated heterocycles. The highest BCUT2D eigenvalue weighted by Crippen LogP contribution is 2.33. The summed E-state index contributed by atoms with van der Waals surface area (Å²) in [6.45, 7) is 8.82. The van der Waals surface area contributed by atoms with Gasteiger partial charge < -0.3 is 29.0 Å².